The molecule has 0 bridgehead atoms. The van der Waals surface area contributed by atoms with E-state index in [0.717, 1.165) is 14.1 Å². The molecule has 0 spiro atoms. The molecule has 0 aliphatic heterocycles. The largest absolute Gasteiger partial charge is 1.00 e. The van der Waals surface area contributed by atoms with Crippen LogP contribution < -0.4 is 18.9 Å². The van der Waals surface area contributed by atoms with Gasteiger partial charge in [-0.1, -0.05) is 3.77 Å². The van der Waals surface area contributed by atoms with Gasteiger partial charge in [0.2, 0.25) is 0 Å². The molecule has 0 saturated carbocycles. The Hall–Kier alpha value is 0.0674. The molecule has 1 unspecified atom stereocenters. The summed E-state index contributed by atoms with van der Waals surface area (Å²) in [5, 5.41) is 0. The normalized spacial score (nSPS) is 16.3. The average molecular weight is 313 g/mol. The van der Waals surface area contributed by atoms with Gasteiger partial charge in [0.05, 0.1) is 0 Å². The number of nitrogens with zero attached hydrogens (tertiary/aromatic N) is 2. The number of alkyl halides is 5. The Kier molecular flexibility index (Phi) is 7.34. The fraction of sp³-hybridized carbons (Fsp3) is 1.00. The van der Waals surface area contributed by atoms with Gasteiger partial charge in [-0.2, -0.15) is 34.7 Å². The summed E-state index contributed by atoms with van der Waals surface area (Å²) in [7, 11) is -9.49. The quantitative estimate of drug-likeness (QED) is 0.442. The number of hydrogen-bond acceptors (Lipinski definition) is 4. The Labute approximate surface area is 112 Å². The molecular formula is C4H7F5LiN2O4S2+. The molecule has 0 aromatic heterocycles. The van der Waals surface area contributed by atoms with Gasteiger partial charge in [-0.15, -0.1) is 0 Å². The van der Waals surface area contributed by atoms with Gasteiger partial charge >= 0.3 is 41.2 Å². The van der Waals surface area contributed by atoms with E-state index in [0.29, 0.717) is 0 Å². The van der Waals surface area contributed by atoms with Crippen LogP contribution in [0, 0.1) is 0 Å². The molecule has 0 aromatic carbocycles. The molecule has 0 amide bonds. The van der Waals surface area contributed by atoms with Crippen LogP contribution >= 0.6 is 0 Å². The van der Waals surface area contributed by atoms with Crippen molar-refractivity contribution in [3.05, 3.63) is 0 Å². The maximum atomic E-state index is 12.1. The van der Waals surface area contributed by atoms with Crippen molar-refractivity contribution in [2.45, 2.75) is 12.1 Å². The minimum absolute atomic E-state index is 0. The van der Waals surface area contributed by atoms with Crippen LogP contribution in [-0.2, 0) is 24.4 Å². The summed E-state index contributed by atoms with van der Waals surface area (Å²) in [6, 6.07) is 0. The smallest absolute Gasteiger partial charge is 0.211 e. The van der Waals surface area contributed by atoms with E-state index in [9.17, 15) is 34.6 Å². The molecule has 18 heavy (non-hydrogen) atoms. The van der Waals surface area contributed by atoms with Crippen LogP contribution in [0.2, 0.25) is 0 Å². The van der Waals surface area contributed by atoms with Crippen LogP contribution in [0.1, 0.15) is 0 Å². The van der Waals surface area contributed by atoms with Crippen LogP contribution in [0.25, 0.3) is 0 Å². The molecule has 0 aromatic rings. The van der Waals surface area contributed by atoms with Crippen molar-refractivity contribution in [1.29, 1.82) is 0 Å². The van der Waals surface area contributed by atoms with Gasteiger partial charge in [0.1, 0.15) is 0 Å². The fourth-order valence-electron chi connectivity index (χ4n) is 0.404. The van der Waals surface area contributed by atoms with Crippen molar-refractivity contribution < 1.29 is 57.6 Å². The van der Waals surface area contributed by atoms with E-state index in [1.54, 1.807) is 0 Å². The molecule has 14 heteroatoms. The van der Waals surface area contributed by atoms with Crippen LogP contribution in [0.4, 0.5) is 22.0 Å². The SMILES string of the molecule is CN(C)S(=O)(=O)N=S(=O)(OC(F)F)C(F)(F)F.[Li+]. The van der Waals surface area contributed by atoms with E-state index in [4.69, 9.17) is 0 Å². The van der Waals surface area contributed by atoms with E-state index in [2.05, 4.69) is 4.18 Å². The standard InChI is InChI=1S/C4H7F5N2O4S2.Li/c1-11(2)17(13,14)10-16(12,4(7,8)9)15-3(5)6;/h3H,1-2H3;/q;+1. The number of halogens is 5. The van der Waals surface area contributed by atoms with Gasteiger partial charge in [0, 0.05) is 14.1 Å². The first kappa shape index (κ1) is 20.4. The first-order valence-electron chi connectivity index (χ1n) is 3.55. The molecule has 0 aliphatic carbocycles. The third-order valence-corrected chi connectivity index (χ3v) is 4.60. The Balaban J connectivity index is 0. The Bertz CT molecular complexity index is 480. The van der Waals surface area contributed by atoms with Crippen LogP contribution in [-0.4, -0.2) is 43.1 Å². The van der Waals surface area contributed by atoms with Crippen molar-refractivity contribution in [3.63, 3.8) is 0 Å². The zero-order valence-corrected chi connectivity index (χ0v) is 10.9. The summed E-state index contributed by atoms with van der Waals surface area (Å²) in [6.07, 6.45) is 0. The summed E-state index contributed by atoms with van der Waals surface area (Å²) in [5.41, 5.74) is -5.87. The van der Waals surface area contributed by atoms with E-state index in [1.165, 1.54) is 0 Å². The zero-order chi connectivity index (χ0) is 14.1. The molecule has 0 heterocycles. The van der Waals surface area contributed by atoms with Crippen molar-refractivity contribution >= 4 is 20.2 Å². The summed E-state index contributed by atoms with van der Waals surface area (Å²) >= 11 is 0. The first-order chi connectivity index (χ1) is 7.32. The van der Waals surface area contributed by atoms with E-state index < -0.39 is 32.3 Å². The number of hydrogen-bond donors (Lipinski definition) is 0. The molecule has 0 aliphatic rings. The summed E-state index contributed by atoms with van der Waals surface area (Å²) in [4.78, 5) is 0. The number of rotatable bonds is 4. The minimum Gasteiger partial charge on any atom is -0.211 e. The van der Waals surface area contributed by atoms with Crippen LogP contribution in [0.15, 0.2) is 3.77 Å². The van der Waals surface area contributed by atoms with Gasteiger partial charge in [-0.3, -0.25) is 0 Å². The van der Waals surface area contributed by atoms with E-state index >= 15 is 0 Å². The third-order valence-electron chi connectivity index (χ3n) is 1.15. The molecular weight excluding hydrogens is 306 g/mol. The molecule has 0 rings (SSSR count). The molecule has 104 valence electrons. The maximum absolute atomic E-state index is 12.1. The van der Waals surface area contributed by atoms with Gasteiger partial charge in [0.15, 0.2) is 0 Å². The summed E-state index contributed by atoms with van der Waals surface area (Å²) in [5.74, 6) is 0. The predicted molar refractivity (Wildman–Crippen MR) is 46.3 cm³/mol. The fourth-order valence-corrected chi connectivity index (χ4v) is 2.71. The first-order valence-corrected chi connectivity index (χ1v) is 6.39. The summed E-state index contributed by atoms with van der Waals surface area (Å²) in [6.45, 7) is -4.09. The van der Waals surface area contributed by atoms with Crippen LogP contribution in [0.3, 0.4) is 0 Å². The van der Waals surface area contributed by atoms with Crippen molar-refractivity contribution in [3.8, 4) is 0 Å². The van der Waals surface area contributed by atoms with E-state index in [1.807, 2.05) is 3.77 Å². The molecule has 0 saturated heterocycles. The second kappa shape index (κ2) is 6.48. The second-order valence-corrected chi connectivity index (χ2v) is 6.44. The minimum atomic E-state index is -6.06. The monoisotopic (exact) mass is 313 g/mol. The third kappa shape index (κ3) is 5.37. The molecule has 6 nitrogen and oxygen atoms in total. The Morgan fingerprint density at radius 1 is 1.17 bits per heavy atom. The second-order valence-electron chi connectivity index (χ2n) is 2.61. The van der Waals surface area contributed by atoms with E-state index in [-0.39, 0.29) is 23.2 Å². The van der Waals surface area contributed by atoms with Gasteiger partial charge in [0.25, 0.3) is 10.0 Å². The van der Waals surface area contributed by atoms with Crippen molar-refractivity contribution in [1.82, 2.24) is 4.31 Å². The van der Waals surface area contributed by atoms with Crippen molar-refractivity contribution in [2.75, 3.05) is 14.1 Å². The average Bonchev–Trinajstić information content (AvgIpc) is 1.97. The molecule has 0 radical (unpaired) electrons. The Morgan fingerprint density at radius 2 is 1.56 bits per heavy atom. The summed E-state index contributed by atoms with van der Waals surface area (Å²) < 4.78 is 97.4. The van der Waals surface area contributed by atoms with Gasteiger partial charge < -0.3 is 0 Å². The predicted octanol–water partition coefficient (Wildman–Crippen LogP) is -2.06. The topological polar surface area (TPSA) is 76.0 Å². The zero-order valence-electron chi connectivity index (χ0n) is 9.31. The molecule has 0 N–H and O–H groups in total. The Morgan fingerprint density at radius 3 is 1.78 bits per heavy atom. The van der Waals surface area contributed by atoms with Gasteiger partial charge in [-0.05, 0) is 0 Å². The molecule has 0 fully saturated rings. The van der Waals surface area contributed by atoms with Crippen molar-refractivity contribution in [2.24, 2.45) is 3.77 Å². The molecule has 1 atom stereocenters. The van der Waals surface area contributed by atoms with Crippen LogP contribution in [0.5, 0.6) is 0 Å². The maximum Gasteiger partial charge on any atom is 1.00 e. The van der Waals surface area contributed by atoms with Gasteiger partial charge in [-0.25, -0.2) is 8.39 Å².